The molecule has 0 atom stereocenters. The summed E-state index contributed by atoms with van der Waals surface area (Å²) >= 11 is 0. The molecule has 11 nitrogen and oxygen atoms in total. The van der Waals surface area contributed by atoms with Crippen LogP contribution in [0.5, 0.6) is 0 Å². The fourth-order valence-electron chi connectivity index (χ4n) is 5.89. The SMILES string of the molecule is CCCCc1ccc(NC(=O)C(=Nc2ccc(N(CC)CCNS(C)(=O)=O)cc2C)C(=O)c2c(-c3ccccc3)n(CCCC)c(=O)n2C)cc1. The fraction of sp³-hybridized carbons (Fsp3) is 0.385. The number of sulfonamides is 1. The Morgan fingerprint density at radius 3 is 2.22 bits per heavy atom. The topological polar surface area (TPSA) is 135 Å². The van der Waals surface area contributed by atoms with E-state index in [2.05, 4.69) is 17.0 Å². The van der Waals surface area contributed by atoms with Gasteiger partial charge in [0.1, 0.15) is 5.69 Å². The summed E-state index contributed by atoms with van der Waals surface area (Å²) in [4.78, 5) is 49.2. The van der Waals surface area contributed by atoms with Crippen molar-refractivity contribution >= 4 is 44.5 Å². The van der Waals surface area contributed by atoms with Crippen LogP contribution in [0.25, 0.3) is 11.3 Å². The molecule has 1 heterocycles. The molecule has 0 saturated heterocycles. The van der Waals surface area contributed by atoms with Crippen LogP contribution in [0, 0.1) is 6.92 Å². The van der Waals surface area contributed by atoms with E-state index < -0.39 is 21.7 Å². The van der Waals surface area contributed by atoms with E-state index in [0.717, 1.165) is 49.6 Å². The first-order chi connectivity index (χ1) is 24.4. The minimum atomic E-state index is -3.32. The van der Waals surface area contributed by atoms with E-state index in [1.54, 1.807) is 17.7 Å². The number of ketones is 1. The summed E-state index contributed by atoms with van der Waals surface area (Å²) in [5.74, 6) is -1.37. The maximum Gasteiger partial charge on any atom is 0.328 e. The number of benzene rings is 3. The third-order valence-corrected chi connectivity index (χ3v) is 9.44. The first-order valence-corrected chi connectivity index (χ1v) is 19.5. The van der Waals surface area contributed by atoms with E-state index >= 15 is 0 Å². The average Bonchev–Trinajstić information content (AvgIpc) is 3.36. The van der Waals surface area contributed by atoms with Crippen molar-refractivity contribution in [1.29, 1.82) is 0 Å². The van der Waals surface area contributed by atoms with E-state index in [4.69, 9.17) is 4.99 Å². The molecule has 0 spiro atoms. The van der Waals surface area contributed by atoms with Crippen molar-refractivity contribution in [2.45, 2.75) is 66.3 Å². The highest BCUT2D eigenvalue weighted by Crippen LogP contribution is 2.28. The van der Waals surface area contributed by atoms with Crippen molar-refractivity contribution in [3.05, 3.63) is 100 Å². The lowest BCUT2D eigenvalue weighted by Gasteiger charge is -2.24. The van der Waals surface area contributed by atoms with Gasteiger partial charge in [-0.25, -0.2) is 22.9 Å². The highest BCUT2D eigenvalue weighted by atomic mass is 32.2. The number of aryl methyl sites for hydroxylation is 2. The molecule has 1 amide bonds. The van der Waals surface area contributed by atoms with Crippen molar-refractivity contribution in [2.75, 3.05) is 36.1 Å². The zero-order chi connectivity index (χ0) is 37.1. The van der Waals surface area contributed by atoms with Crippen LogP contribution in [0.15, 0.2) is 82.6 Å². The Labute approximate surface area is 301 Å². The number of nitrogens with zero attached hydrogens (tertiary/aromatic N) is 4. The Morgan fingerprint density at radius 2 is 1.61 bits per heavy atom. The van der Waals surface area contributed by atoms with Gasteiger partial charge >= 0.3 is 5.69 Å². The van der Waals surface area contributed by atoms with Gasteiger partial charge in [0, 0.05) is 50.2 Å². The maximum absolute atomic E-state index is 14.7. The summed E-state index contributed by atoms with van der Waals surface area (Å²) in [6.07, 6.45) is 5.77. The first kappa shape index (κ1) is 39.0. The van der Waals surface area contributed by atoms with Crippen LogP contribution in [-0.4, -0.2) is 60.8 Å². The number of hydrogen-bond acceptors (Lipinski definition) is 7. The summed E-state index contributed by atoms with van der Waals surface area (Å²) in [5, 5.41) is 2.88. The number of likely N-dealkylation sites (N-methyl/N-ethyl adjacent to an activating group) is 1. The molecule has 4 rings (SSSR count). The van der Waals surface area contributed by atoms with Crippen LogP contribution in [0.1, 0.15) is 68.1 Å². The lowest BCUT2D eigenvalue weighted by molar-refractivity contribution is -0.110. The predicted molar refractivity (Wildman–Crippen MR) is 207 cm³/mol. The minimum absolute atomic E-state index is 0.0796. The van der Waals surface area contributed by atoms with Gasteiger partial charge in [0.25, 0.3) is 5.91 Å². The smallest absolute Gasteiger partial charge is 0.328 e. The summed E-state index contributed by atoms with van der Waals surface area (Å²) in [5.41, 5.74) is 4.13. The van der Waals surface area contributed by atoms with E-state index in [0.29, 0.717) is 47.8 Å². The molecular weight excluding hydrogens is 665 g/mol. The monoisotopic (exact) mass is 714 g/mol. The van der Waals surface area contributed by atoms with Crippen LogP contribution >= 0.6 is 0 Å². The molecule has 1 aromatic heterocycles. The highest BCUT2D eigenvalue weighted by Gasteiger charge is 2.31. The second-order valence-corrected chi connectivity index (χ2v) is 14.5. The zero-order valence-electron chi connectivity index (χ0n) is 30.5. The van der Waals surface area contributed by atoms with E-state index in [-0.39, 0.29) is 23.6 Å². The molecule has 0 aliphatic rings. The number of nitrogens with one attached hydrogen (secondary N) is 2. The Balaban J connectivity index is 1.81. The van der Waals surface area contributed by atoms with Gasteiger partial charge in [0.2, 0.25) is 15.8 Å². The van der Waals surface area contributed by atoms with Crippen LogP contribution in [-0.2, 0) is 34.8 Å². The highest BCUT2D eigenvalue weighted by molar-refractivity contribution is 7.88. The van der Waals surface area contributed by atoms with Crippen LogP contribution in [0.3, 0.4) is 0 Å². The number of rotatable bonds is 18. The predicted octanol–water partition coefficient (Wildman–Crippen LogP) is 6.27. The quantitative estimate of drug-likeness (QED) is 0.0709. The van der Waals surface area contributed by atoms with Gasteiger partial charge in [-0.05, 0) is 74.6 Å². The first-order valence-electron chi connectivity index (χ1n) is 17.6. The molecule has 272 valence electrons. The van der Waals surface area contributed by atoms with E-state index in [9.17, 15) is 22.8 Å². The van der Waals surface area contributed by atoms with E-state index in [1.807, 2.05) is 92.4 Å². The van der Waals surface area contributed by atoms with Gasteiger partial charge < -0.3 is 10.2 Å². The number of aromatic nitrogens is 2. The molecule has 0 radical (unpaired) electrons. The number of hydrogen-bond donors (Lipinski definition) is 2. The number of imidazole rings is 1. The molecule has 0 bridgehead atoms. The Morgan fingerprint density at radius 1 is 0.922 bits per heavy atom. The number of carbonyl (C=O) groups excluding carboxylic acids is 2. The largest absolute Gasteiger partial charge is 0.370 e. The van der Waals surface area contributed by atoms with Crippen LogP contribution in [0.4, 0.5) is 17.1 Å². The van der Waals surface area contributed by atoms with Gasteiger partial charge in [-0.15, -0.1) is 0 Å². The standard InChI is InChI=1S/C39H50N6O5S/c1-7-10-15-29-18-20-31(21-19-29)41-38(47)34(42-33-23-22-32(27-28(33)4)44(9-3)26-24-40-51(6,49)50)37(46)36-35(30-16-13-12-14-17-30)45(25-11-8-2)39(48)43(36)5/h12-14,16-23,27,40H,7-11,15,24-26H2,1-6H3,(H,41,47). The molecule has 0 saturated carbocycles. The van der Waals surface area contributed by atoms with Gasteiger partial charge in [0.05, 0.1) is 17.6 Å². The molecule has 2 N–H and O–H groups in total. The fourth-order valence-corrected chi connectivity index (χ4v) is 6.35. The van der Waals surface area contributed by atoms with Crippen molar-refractivity contribution in [3.63, 3.8) is 0 Å². The minimum Gasteiger partial charge on any atom is -0.370 e. The zero-order valence-corrected chi connectivity index (χ0v) is 31.3. The second kappa shape index (κ2) is 17.9. The van der Waals surface area contributed by atoms with Gasteiger partial charge in [0.15, 0.2) is 5.71 Å². The molecule has 12 heteroatoms. The number of carbonyl (C=O) groups is 2. The number of Topliss-reactive ketones (excluding diaryl/α,β-unsaturated/α-hetero) is 1. The normalized spacial score (nSPS) is 11.8. The van der Waals surface area contributed by atoms with Gasteiger partial charge in [-0.3, -0.25) is 18.7 Å². The maximum atomic E-state index is 14.7. The third kappa shape index (κ3) is 10.1. The lowest BCUT2D eigenvalue weighted by Crippen LogP contribution is -2.34. The Kier molecular flexibility index (Phi) is 13.7. The Hall–Kier alpha value is -4.81. The molecule has 0 unspecified atom stereocenters. The van der Waals surface area contributed by atoms with Gasteiger partial charge in [-0.2, -0.15) is 0 Å². The number of aliphatic imine (C=N–C) groups is 1. The van der Waals surface area contributed by atoms with Crippen molar-refractivity contribution in [3.8, 4) is 11.3 Å². The summed E-state index contributed by atoms with van der Waals surface area (Å²) in [7, 11) is -1.78. The van der Waals surface area contributed by atoms with Gasteiger partial charge in [-0.1, -0.05) is 69.2 Å². The van der Waals surface area contributed by atoms with Crippen molar-refractivity contribution in [1.82, 2.24) is 13.9 Å². The molecule has 0 aliphatic carbocycles. The van der Waals surface area contributed by atoms with E-state index in [1.165, 1.54) is 4.57 Å². The third-order valence-electron chi connectivity index (χ3n) is 8.71. The summed E-state index contributed by atoms with van der Waals surface area (Å²) < 4.78 is 28.6. The molecular formula is C39H50N6O5S. The average molecular weight is 715 g/mol. The number of unbranched alkanes of at least 4 members (excludes halogenated alkanes) is 2. The molecule has 0 fully saturated rings. The number of anilines is 2. The molecule has 3 aromatic carbocycles. The van der Waals surface area contributed by atoms with Crippen LogP contribution in [0.2, 0.25) is 0 Å². The Bertz CT molecular complexity index is 2020. The molecule has 4 aromatic rings. The molecule has 51 heavy (non-hydrogen) atoms. The number of amides is 1. The van der Waals surface area contributed by atoms with Crippen LogP contribution < -0.4 is 20.6 Å². The molecule has 0 aliphatic heterocycles. The lowest BCUT2D eigenvalue weighted by atomic mass is 10.0. The second-order valence-electron chi connectivity index (χ2n) is 12.7. The summed E-state index contributed by atoms with van der Waals surface area (Å²) in [6.45, 7) is 9.71. The summed E-state index contributed by atoms with van der Waals surface area (Å²) in [6, 6.07) is 22.3. The van der Waals surface area contributed by atoms with Crippen molar-refractivity contribution < 1.29 is 18.0 Å². The van der Waals surface area contributed by atoms with Crippen molar-refractivity contribution in [2.24, 2.45) is 12.0 Å².